The second kappa shape index (κ2) is 5.98. The van der Waals surface area contributed by atoms with Gasteiger partial charge in [-0.3, -0.25) is 0 Å². The molecule has 0 spiro atoms. The first-order chi connectivity index (χ1) is 6.72. The number of hydrogen-bond acceptors (Lipinski definition) is 4. The van der Waals surface area contributed by atoms with Crippen LogP contribution < -0.4 is 0 Å². The van der Waals surface area contributed by atoms with Crippen molar-refractivity contribution in [2.24, 2.45) is 0 Å². The lowest BCUT2D eigenvalue weighted by atomic mass is 10.1. The number of ether oxygens (including phenoxy) is 2. The molecule has 0 saturated carbocycles. The van der Waals surface area contributed by atoms with Crippen LogP contribution in [0.5, 0.6) is 0 Å². The maximum atomic E-state index is 11.0. The number of carbonyl (C=O) groups excluding carboxylic acids is 1. The first-order valence-electron chi connectivity index (χ1n) is 5.18. The molecule has 0 aliphatic carbocycles. The molecule has 0 aromatic heterocycles. The normalized spacial score (nSPS) is 23.4. The minimum Gasteiger partial charge on any atom is -0.464 e. The summed E-state index contributed by atoms with van der Waals surface area (Å²) in [5.74, 6) is -0.263. The lowest BCUT2D eigenvalue weighted by Gasteiger charge is -2.29. The van der Waals surface area contributed by atoms with Crippen molar-refractivity contribution in [2.45, 2.75) is 25.9 Å². The Hall–Kier alpha value is -0.610. The Morgan fingerprint density at radius 2 is 2.36 bits per heavy atom. The highest BCUT2D eigenvalue weighted by atomic mass is 16.6. The maximum Gasteiger partial charge on any atom is 0.332 e. The van der Waals surface area contributed by atoms with E-state index >= 15 is 0 Å². The highest BCUT2D eigenvalue weighted by Crippen LogP contribution is 2.11. The zero-order valence-corrected chi connectivity index (χ0v) is 8.99. The van der Waals surface area contributed by atoms with Crippen LogP contribution >= 0.6 is 0 Å². The van der Waals surface area contributed by atoms with E-state index in [-0.39, 0.29) is 18.7 Å². The van der Waals surface area contributed by atoms with E-state index in [1.807, 2.05) is 0 Å². The van der Waals surface area contributed by atoms with Crippen LogP contribution in [0, 0.1) is 0 Å². The van der Waals surface area contributed by atoms with Gasteiger partial charge in [-0.05, 0) is 33.4 Å². The molecule has 1 rings (SSSR count). The van der Waals surface area contributed by atoms with Gasteiger partial charge in [-0.25, -0.2) is 4.79 Å². The van der Waals surface area contributed by atoms with Crippen LogP contribution in [0.25, 0.3) is 0 Å². The monoisotopic (exact) mass is 201 g/mol. The molecule has 0 radical (unpaired) electrons. The average molecular weight is 201 g/mol. The molecule has 1 saturated heterocycles. The molecule has 0 bridgehead atoms. The minimum atomic E-state index is -0.263. The van der Waals surface area contributed by atoms with E-state index < -0.39 is 0 Å². The van der Waals surface area contributed by atoms with Crippen molar-refractivity contribution >= 4 is 5.97 Å². The van der Waals surface area contributed by atoms with Gasteiger partial charge in [0.2, 0.25) is 0 Å². The quantitative estimate of drug-likeness (QED) is 0.626. The Kier molecular flexibility index (Phi) is 4.90. The Balaban J connectivity index is 2.14. The van der Waals surface area contributed by atoms with Crippen molar-refractivity contribution < 1.29 is 14.3 Å². The zero-order valence-electron chi connectivity index (χ0n) is 8.99. The molecule has 0 aromatic carbocycles. The van der Waals surface area contributed by atoms with Gasteiger partial charge in [-0.15, -0.1) is 0 Å². The second-order valence-electron chi connectivity index (χ2n) is 3.64. The van der Waals surface area contributed by atoms with Crippen LogP contribution in [-0.2, 0) is 14.3 Å². The fourth-order valence-corrected chi connectivity index (χ4v) is 1.64. The summed E-state index contributed by atoms with van der Waals surface area (Å²) < 4.78 is 10.2. The van der Waals surface area contributed by atoms with E-state index in [2.05, 4.69) is 11.9 Å². The fraction of sp³-hybridized carbons (Fsp3) is 0.900. The summed E-state index contributed by atoms with van der Waals surface area (Å²) in [7, 11) is 2.07. The van der Waals surface area contributed by atoms with E-state index in [1.165, 1.54) is 0 Å². The van der Waals surface area contributed by atoms with Crippen LogP contribution in [0.4, 0.5) is 0 Å². The van der Waals surface area contributed by atoms with Crippen LogP contribution in [-0.4, -0.2) is 50.3 Å². The number of piperidine rings is 1. The molecule has 1 unspecified atom stereocenters. The summed E-state index contributed by atoms with van der Waals surface area (Å²) >= 11 is 0. The third-order valence-corrected chi connectivity index (χ3v) is 2.32. The Morgan fingerprint density at radius 3 is 3.00 bits per heavy atom. The molecular formula is C10H19NO3. The van der Waals surface area contributed by atoms with Gasteiger partial charge in [0.25, 0.3) is 0 Å². The van der Waals surface area contributed by atoms with Gasteiger partial charge in [0.05, 0.1) is 12.7 Å². The molecule has 82 valence electrons. The summed E-state index contributed by atoms with van der Waals surface area (Å²) in [5, 5.41) is 0. The van der Waals surface area contributed by atoms with Gasteiger partial charge in [-0.1, -0.05) is 0 Å². The van der Waals surface area contributed by atoms with Crippen LogP contribution in [0.2, 0.25) is 0 Å². The highest BCUT2D eigenvalue weighted by Gasteiger charge is 2.18. The maximum absolute atomic E-state index is 11.0. The van der Waals surface area contributed by atoms with Gasteiger partial charge in [0.1, 0.15) is 6.61 Å². The molecule has 4 nitrogen and oxygen atoms in total. The van der Waals surface area contributed by atoms with Gasteiger partial charge in [0.15, 0.2) is 0 Å². The molecular weight excluding hydrogens is 182 g/mol. The molecule has 14 heavy (non-hydrogen) atoms. The second-order valence-corrected chi connectivity index (χ2v) is 3.64. The molecule has 1 fully saturated rings. The lowest BCUT2D eigenvalue weighted by Crippen LogP contribution is -2.37. The van der Waals surface area contributed by atoms with Crippen molar-refractivity contribution in [3.05, 3.63) is 0 Å². The number of nitrogens with zero attached hydrogens (tertiary/aromatic N) is 1. The van der Waals surface area contributed by atoms with Crippen molar-refractivity contribution in [3.8, 4) is 0 Å². The summed E-state index contributed by atoms with van der Waals surface area (Å²) in [5.41, 5.74) is 0. The van der Waals surface area contributed by atoms with E-state index in [1.54, 1.807) is 6.92 Å². The van der Waals surface area contributed by atoms with E-state index in [4.69, 9.17) is 9.47 Å². The highest BCUT2D eigenvalue weighted by molar-refractivity contribution is 5.70. The SMILES string of the molecule is CCOC(=O)COC1CCCN(C)C1. The van der Waals surface area contributed by atoms with Gasteiger partial charge < -0.3 is 14.4 Å². The van der Waals surface area contributed by atoms with Crippen LogP contribution in [0.15, 0.2) is 0 Å². The summed E-state index contributed by atoms with van der Waals surface area (Å²) in [6.45, 7) is 4.35. The standard InChI is InChI=1S/C10H19NO3/c1-3-13-10(12)8-14-9-5-4-6-11(2)7-9/h9H,3-8H2,1-2H3. The number of carbonyl (C=O) groups is 1. The predicted octanol–water partition coefficient (Wildman–Crippen LogP) is 0.660. The minimum absolute atomic E-state index is 0.0896. The van der Waals surface area contributed by atoms with Gasteiger partial charge in [-0.2, -0.15) is 0 Å². The molecule has 4 heteroatoms. The first-order valence-corrected chi connectivity index (χ1v) is 5.18. The van der Waals surface area contributed by atoms with Crippen molar-refractivity contribution in [3.63, 3.8) is 0 Å². The van der Waals surface area contributed by atoms with E-state index in [0.29, 0.717) is 6.61 Å². The fourth-order valence-electron chi connectivity index (χ4n) is 1.64. The molecule has 1 aliphatic heterocycles. The van der Waals surface area contributed by atoms with E-state index in [9.17, 15) is 4.79 Å². The Morgan fingerprint density at radius 1 is 1.57 bits per heavy atom. The van der Waals surface area contributed by atoms with Crippen molar-refractivity contribution in [1.82, 2.24) is 4.90 Å². The first kappa shape index (κ1) is 11.5. The summed E-state index contributed by atoms with van der Waals surface area (Å²) in [6.07, 6.45) is 2.38. The van der Waals surface area contributed by atoms with Crippen molar-refractivity contribution in [2.75, 3.05) is 33.4 Å². The molecule has 0 N–H and O–H groups in total. The molecule has 1 atom stereocenters. The molecule has 0 amide bonds. The van der Waals surface area contributed by atoms with Crippen LogP contribution in [0.3, 0.4) is 0 Å². The number of likely N-dealkylation sites (N-methyl/N-ethyl adjacent to an activating group) is 1. The number of hydrogen-bond donors (Lipinski definition) is 0. The van der Waals surface area contributed by atoms with Gasteiger partial charge in [0, 0.05) is 6.54 Å². The smallest absolute Gasteiger partial charge is 0.332 e. The van der Waals surface area contributed by atoms with Gasteiger partial charge >= 0.3 is 5.97 Å². The zero-order chi connectivity index (χ0) is 10.4. The summed E-state index contributed by atoms with van der Waals surface area (Å²) in [6, 6.07) is 0. The lowest BCUT2D eigenvalue weighted by molar-refractivity contribution is -0.151. The third kappa shape index (κ3) is 4.07. The van der Waals surface area contributed by atoms with E-state index in [0.717, 1.165) is 25.9 Å². The number of rotatable bonds is 4. The third-order valence-electron chi connectivity index (χ3n) is 2.32. The predicted molar refractivity (Wildman–Crippen MR) is 53.1 cm³/mol. The number of esters is 1. The molecule has 1 heterocycles. The Bertz CT molecular complexity index is 184. The number of likely N-dealkylation sites (tertiary alicyclic amines) is 1. The van der Waals surface area contributed by atoms with Crippen LogP contribution in [0.1, 0.15) is 19.8 Å². The average Bonchev–Trinajstić information content (AvgIpc) is 2.15. The van der Waals surface area contributed by atoms with Crippen molar-refractivity contribution in [1.29, 1.82) is 0 Å². The topological polar surface area (TPSA) is 38.8 Å². The Labute approximate surface area is 85.2 Å². The molecule has 0 aromatic rings. The molecule has 1 aliphatic rings. The summed E-state index contributed by atoms with van der Waals surface area (Å²) in [4.78, 5) is 13.2. The largest absolute Gasteiger partial charge is 0.464 e.